The quantitative estimate of drug-likeness (QED) is 0.823. The number of Topliss-reactive ketones (excluding diaryl/α,β-unsaturated/α-hetero) is 1. The van der Waals surface area contributed by atoms with E-state index in [0.29, 0.717) is 6.42 Å². The SMILES string of the molecule is CCCC1C(c2ccc(F)cc2)C(=O)[C@@H]2CC(S(=O)c3ccc(C)cc3)[C@@H]1N2. The van der Waals surface area contributed by atoms with Gasteiger partial charge in [-0.3, -0.25) is 9.00 Å². The summed E-state index contributed by atoms with van der Waals surface area (Å²) in [6.07, 6.45) is 2.42. The predicted octanol–water partition coefficient (Wildman–Crippen LogP) is 4.12. The van der Waals surface area contributed by atoms with Gasteiger partial charge in [-0.15, -0.1) is 0 Å². The van der Waals surface area contributed by atoms with Gasteiger partial charge in [-0.05, 0) is 55.5 Å². The van der Waals surface area contributed by atoms with Gasteiger partial charge in [-0.1, -0.05) is 43.2 Å². The highest BCUT2D eigenvalue weighted by molar-refractivity contribution is 7.85. The van der Waals surface area contributed by atoms with Crippen LogP contribution in [0.2, 0.25) is 0 Å². The Balaban J connectivity index is 1.67. The van der Waals surface area contributed by atoms with E-state index < -0.39 is 10.8 Å². The zero-order valence-electron chi connectivity index (χ0n) is 16.2. The minimum Gasteiger partial charge on any atom is -0.303 e. The summed E-state index contributed by atoms with van der Waals surface area (Å²) in [6.45, 7) is 4.12. The molecule has 0 aliphatic carbocycles. The van der Waals surface area contributed by atoms with Crippen molar-refractivity contribution in [1.82, 2.24) is 5.32 Å². The Bertz CT molecular complexity index is 880. The van der Waals surface area contributed by atoms with Crippen LogP contribution in [0.15, 0.2) is 53.4 Å². The zero-order chi connectivity index (χ0) is 19.8. The van der Waals surface area contributed by atoms with Crippen LogP contribution in [-0.4, -0.2) is 27.3 Å². The molecule has 0 spiro atoms. The molecule has 0 saturated carbocycles. The standard InChI is InChI=1S/C23H26FNO2S/c1-3-4-18-21(15-7-9-16(24)10-8-15)23(26)19-13-20(22(18)25-19)28(27)17-11-5-14(2)6-12-17/h5-12,18-22,25H,3-4,13H2,1-2H3/t18?,19-,20?,21?,22+,28?/m0/s1. The molecule has 148 valence electrons. The summed E-state index contributed by atoms with van der Waals surface area (Å²) in [5.74, 6) is -0.318. The van der Waals surface area contributed by atoms with Crippen LogP contribution in [0.25, 0.3) is 0 Å². The van der Waals surface area contributed by atoms with E-state index >= 15 is 0 Å². The maximum absolute atomic E-state index is 13.4. The first-order valence-corrected chi connectivity index (χ1v) is 11.2. The number of halogens is 1. The molecule has 2 aliphatic rings. The Kier molecular flexibility index (Phi) is 5.48. The van der Waals surface area contributed by atoms with E-state index in [1.54, 1.807) is 12.1 Å². The van der Waals surface area contributed by atoms with Crippen molar-refractivity contribution in [2.45, 2.75) is 61.3 Å². The largest absolute Gasteiger partial charge is 0.303 e. The van der Waals surface area contributed by atoms with E-state index in [0.717, 1.165) is 28.9 Å². The van der Waals surface area contributed by atoms with E-state index in [1.165, 1.54) is 12.1 Å². The first-order valence-electron chi connectivity index (χ1n) is 10.0. The zero-order valence-corrected chi connectivity index (χ0v) is 17.0. The molecule has 0 aromatic heterocycles. The Morgan fingerprint density at radius 2 is 1.79 bits per heavy atom. The van der Waals surface area contributed by atoms with Gasteiger partial charge in [0.1, 0.15) is 5.82 Å². The van der Waals surface area contributed by atoms with Crippen LogP contribution in [0.5, 0.6) is 0 Å². The minimum atomic E-state index is -1.17. The van der Waals surface area contributed by atoms with E-state index in [9.17, 15) is 13.4 Å². The lowest BCUT2D eigenvalue weighted by molar-refractivity contribution is -0.125. The van der Waals surface area contributed by atoms with Crippen molar-refractivity contribution in [1.29, 1.82) is 0 Å². The number of piperidine rings is 1. The van der Waals surface area contributed by atoms with Crippen LogP contribution < -0.4 is 5.32 Å². The number of carbonyl (C=O) groups excluding carboxylic acids is 1. The monoisotopic (exact) mass is 399 g/mol. The molecule has 0 amide bonds. The molecular formula is C23H26FNO2S. The van der Waals surface area contributed by atoms with Crippen LogP contribution in [-0.2, 0) is 15.6 Å². The van der Waals surface area contributed by atoms with Crippen LogP contribution in [0.4, 0.5) is 4.39 Å². The molecule has 5 heteroatoms. The van der Waals surface area contributed by atoms with Crippen molar-refractivity contribution >= 4 is 16.6 Å². The number of benzene rings is 2. The first-order chi connectivity index (χ1) is 13.5. The van der Waals surface area contributed by atoms with Crippen molar-refractivity contribution in [3.05, 3.63) is 65.5 Å². The highest BCUT2D eigenvalue weighted by Gasteiger charge is 2.53. The summed E-state index contributed by atoms with van der Waals surface area (Å²) in [4.78, 5) is 14.1. The molecule has 2 fully saturated rings. The van der Waals surface area contributed by atoms with Crippen molar-refractivity contribution < 1.29 is 13.4 Å². The minimum absolute atomic E-state index is 0.0276. The van der Waals surface area contributed by atoms with Crippen LogP contribution >= 0.6 is 0 Å². The fraction of sp³-hybridized carbons (Fsp3) is 0.435. The van der Waals surface area contributed by atoms with Gasteiger partial charge in [0, 0.05) is 16.9 Å². The van der Waals surface area contributed by atoms with Gasteiger partial charge in [0.2, 0.25) is 0 Å². The topological polar surface area (TPSA) is 46.2 Å². The maximum Gasteiger partial charge on any atom is 0.157 e. The van der Waals surface area contributed by atoms with Gasteiger partial charge >= 0.3 is 0 Å². The highest BCUT2D eigenvalue weighted by atomic mass is 32.2. The molecule has 2 aromatic carbocycles. The summed E-state index contributed by atoms with van der Waals surface area (Å²) in [5.41, 5.74) is 2.02. The molecule has 4 rings (SSSR count). The molecule has 2 aromatic rings. The maximum atomic E-state index is 13.4. The second kappa shape index (κ2) is 7.88. The second-order valence-electron chi connectivity index (χ2n) is 8.01. The smallest absolute Gasteiger partial charge is 0.157 e. The second-order valence-corrected chi connectivity index (χ2v) is 9.69. The number of carbonyl (C=O) groups is 1. The van der Waals surface area contributed by atoms with Gasteiger partial charge < -0.3 is 5.32 Å². The van der Waals surface area contributed by atoms with Crippen molar-refractivity contribution in [2.24, 2.45) is 5.92 Å². The summed E-state index contributed by atoms with van der Waals surface area (Å²) in [6, 6.07) is 13.9. The summed E-state index contributed by atoms with van der Waals surface area (Å²) < 4.78 is 26.8. The molecular weight excluding hydrogens is 373 g/mol. The Morgan fingerprint density at radius 3 is 2.43 bits per heavy atom. The van der Waals surface area contributed by atoms with Crippen molar-refractivity contribution in [2.75, 3.05) is 0 Å². The van der Waals surface area contributed by atoms with Crippen molar-refractivity contribution in [3.63, 3.8) is 0 Å². The molecule has 2 bridgehead atoms. The fourth-order valence-electron chi connectivity index (χ4n) is 4.85. The molecule has 4 unspecified atom stereocenters. The third-order valence-electron chi connectivity index (χ3n) is 6.18. The Hall–Kier alpha value is -1.85. The molecule has 1 N–H and O–H groups in total. The van der Waals surface area contributed by atoms with Gasteiger partial charge in [0.05, 0.1) is 22.1 Å². The van der Waals surface area contributed by atoms with Crippen LogP contribution in [0.3, 0.4) is 0 Å². The van der Waals surface area contributed by atoms with Crippen LogP contribution in [0, 0.1) is 18.7 Å². The molecule has 6 atom stereocenters. The van der Waals surface area contributed by atoms with Gasteiger partial charge in [0.25, 0.3) is 0 Å². The molecule has 2 aliphatic heterocycles. The molecule has 3 nitrogen and oxygen atoms in total. The lowest BCUT2D eigenvalue weighted by Gasteiger charge is -2.38. The lowest BCUT2D eigenvalue weighted by atomic mass is 9.74. The van der Waals surface area contributed by atoms with Gasteiger partial charge in [-0.25, -0.2) is 4.39 Å². The van der Waals surface area contributed by atoms with E-state index in [-0.39, 0.29) is 40.8 Å². The number of nitrogens with one attached hydrogen (secondary N) is 1. The molecule has 2 saturated heterocycles. The average Bonchev–Trinajstić information content (AvgIpc) is 3.09. The Labute approximate surface area is 168 Å². The first kappa shape index (κ1) is 19.5. The van der Waals surface area contributed by atoms with E-state index in [2.05, 4.69) is 12.2 Å². The van der Waals surface area contributed by atoms with Crippen molar-refractivity contribution in [3.8, 4) is 0 Å². The molecule has 0 radical (unpaired) electrons. The van der Waals surface area contributed by atoms with Gasteiger partial charge in [-0.2, -0.15) is 0 Å². The third kappa shape index (κ3) is 3.46. The fourth-order valence-corrected chi connectivity index (χ4v) is 6.52. The Morgan fingerprint density at radius 1 is 1.11 bits per heavy atom. The summed E-state index contributed by atoms with van der Waals surface area (Å²) in [5, 5.41) is 3.40. The third-order valence-corrected chi connectivity index (χ3v) is 7.95. The summed E-state index contributed by atoms with van der Waals surface area (Å²) >= 11 is 0. The molecule has 28 heavy (non-hydrogen) atoms. The van der Waals surface area contributed by atoms with E-state index in [4.69, 9.17) is 0 Å². The normalized spacial score (nSPS) is 30.4. The van der Waals surface area contributed by atoms with E-state index in [1.807, 2.05) is 31.2 Å². The number of fused-ring (bicyclic) bond motifs is 2. The predicted molar refractivity (Wildman–Crippen MR) is 109 cm³/mol. The number of ketones is 1. The number of hydrogen-bond acceptors (Lipinski definition) is 3. The lowest BCUT2D eigenvalue weighted by Crippen LogP contribution is -2.52. The van der Waals surface area contributed by atoms with Gasteiger partial charge in [0.15, 0.2) is 5.78 Å². The highest BCUT2D eigenvalue weighted by Crippen LogP contribution is 2.44. The average molecular weight is 400 g/mol. The number of hydrogen-bond donors (Lipinski definition) is 1. The molecule has 2 heterocycles. The summed E-state index contributed by atoms with van der Waals surface area (Å²) in [7, 11) is -1.17. The number of aryl methyl sites for hydroxylation is 1. The van der Waals surface area contributed by atoms with Crippen LogP contribution in [0.1, 0.15) is 43.2 Å². The number of rotatable bonds is 5.